The quantitative estimate of drug-likeness (QED) is 0.182. The van der Waals surface area contributed by atoms with Crippen molar-refractivity contribution < 1.29 is 30.0 Å². The van der Waals surface area contributed by atoms with Crippen LogP contribution in [0.4, 0.5) is 0 Å². The molecule has 0 saturated carbocycles. The number of halogens is 1. The van der Waals surface area contributed by atoms with Crippen molar-refractivity contribution in [2.24, 2.45) is 0 Å². The van der Waals surface area contributed by atoms with E-state index in [4.69, 9.17) is 18.8 Å². The van der Waals surface area contributed by atoms with Gasteiger partial charge in [0.05, 0.1) is 0 Å². The van der Waals surface area contributed by atoms with Crippen molar-refractivity contribution in [2.75, 3.05) is 0 Å². The van der Waals surface area contributed by atoms with Crippen molar-refractivity contribution in [1.29, 1.82) is 0 Å². The van der Waals surface area contributed by atoms with Crippen LogP contribution < -0.4 is 21.2 Å². The number of rotatable bonds is 3. The first-order valence-electron chi connectivity index (χ1n) is 14.9. The zero-order valence-electron chi connectivity index (χ0n) is 23.8. The molecule has 0 atom stereocenters. The Morgan fingerprint density at radius 2 is 0.933 bits per heavy atom. The van der Waals surface area contributed by atoms with Gasteiger partial charge in [-0.05, 0) is 12.1 Å². The van der Waals surface area contributed by atoms with Crippen molar-refractivity contribution in [2.45, 2.75) is 0 Å². The Kier molecular flexibility index (Phi) is 5.36. The summed E-state index contributed by atoms with van der Waals surface area (Å²) in [7, 11) is 0. The van der Waals surface area contributed by atoms with Crippen LogP contribution in [0, 0.1) is 7.14 Å². The summed E-state index contributed by atoms with van der Waals surface area (Å²) in [5.41, 5.74) is 10.8. The van der Waals surface area contributed by atoms with E-state index in [9.17, 15) is 0 Å². The van der Waals surface area contributed by atoms with Crippen LogP contribution in [0.25, 0.3) is 88.9 Å². The molecule has 212 valence electrons. The predicted octanol–water partition coefficient (Wildman–Crippen LogP) is 7.39. The number of fused-ring (bicyclic) bond motifs is 9. The zero-order chi connectivity index (χ0) is 29.5. The van der Waals surface area contributed by atoms with Crippen LogP contribution >= 0.6 is 0 Å². The molecule has 0 bridgehead atoms. The molecule has 0 fully saturated rings. The average Bonchev–Trinajstić information content (AvgIpc) is 3.78. The summed E-state index contributed by atoms with van der Waals surface area (Å²) in [6, 6.07) is 46.6. The van der Waals surface area contributed by atoms with Gasteiger partial charge in [-0.3, -0.25) is 0 Å². The Morgan fingerprint density at radius 3 is 1.60 bits per heavy atom. The Hall–Kier alpha value is -5.27. The van der Waals surface area contributed by atoms with Gasteiger partial charge in [0.1, 0.15) is 0 Å². The van der Waals surface area contributed by atoms with Crippen LogP contribution in [-0.4, -0.2) is 9.97 Å². The molecule has 3 aromatic heterocycles. The Balaban J connectivity index is 1.17. The summed E-state index contributed by atoms with van der Waals surface area (Å²) in [6.07, 6.45) is 0. The third-order valence-electron chi connectivity index (χ3n) is 8.67. The van der Waals surface area contributed by atoms with E-state index in [-0.39, 0.29) is 21.2 Å². The van der Waals surface area contributed by atoms with Crippen LogP contribution in [0.2, 0.25) is 0 Å². The molecule has 1 aliphatic rings. The van der Waals surface area contributed by atoms with Gasteiger partial charge in [-0.25, -0.2) is 0 Å². The van der Waals surface area contributed by atoms with E-state index >= 15 is 0 Å². The zero-order valence-corrected chi connectivity index (χ0v) is 25.9. The van der Waals surface area contributed by atoms with Gasteiger partial charge in [0, 0.05) is 0 Å². The average molecular weight is 690 g/mol. The second-order valence-electron chi connectivity index (χ2n) is 11.3. The van der Waals surface area contributed by atoms with Gasteiger partial charge in [0.15, 0.2) is 0 Å². The van der Waals surface area contributed by atoms with Crippen LogP contribution in [0.15, 0.2) is 142 Å². The number of hydrogen-bond acceptors (Lipinski definition) is 4. The standard InChI is InChI=1S/C40H22IN2O2/c1-4-10-32-26(7-1)31-19-25(15-18-33(31)41-32)40-42-34(23-13-16-29-27-8-2-5-11-36(27)44-38(29)20-23)22-35(43-40)24-14-17-30-28-9-3-6-12-37(28)45-39(30)21-24/h1-22H/q-1. The van der Waals surface area contributed by atoms with Crippen molar-refractivity contribution in [3.8, 4) is 45.0 Å². The van der Waals surface area contributed by atoms with Gasteiger partial charge in [-0.15, -0.1) is 0 Å². The minimum atomic E-state index is -0.181. The molecule has 0 aliphatic carbocycles. The number of hydrogen-bond donors (Lipinski definition) is 0. The maximum absolute atomic E-state index is 6.25. The van der Waals surface area contributed by atoms with Gasteiger partial charge in [-0.2, -0.15) is 0 Å². The van der Waals surface area contributed by atoms with Crippen molar-refractivity contribution in [1.82, 2.24) is 9.97 Å². The fourth-order valence-corrected chi connectivity index (χ4v) is 9.34. The first kappa shape index (κ1) is 25.1. The summed E-state index contributed by atoms with van der Waals surface area (Å²) in [5, 5.41) is 4.42. The number of para-hydroxylation sites is 2. The van der Waals surface area contributed by atoms with Gasteiger partial charge < -0.3 is 0 Å². The van der Waals surface area contributed by atoms with Crippen LogP contribution in [-0.2, 0) is 0 Å². The van der Waals surface area contributed by atoms with Crippen molar-refractivity contribution in [3.05, 3.63) is 141 Å². The topological polar surface area (TPSA) is 52.1 Å². The summed E-state index contributed by atoms with van der Waals surface area (Å²) in [5.74, 6) is 0.697. The van der Waals surface area contributed by atoms with E-state index < -0.39 is 0 Å². The van der Waals surface area contributed by atoms with Gasteiger partial charge in [-0.1, -0.05) is 36.4 Å². The molecule has 6 aromatic carbocycles. The fraction of sp³-hybridized carbons (Fsp3) is 0. The predicted molar refractivity (Wildman–Crippen MR) is 176 cm³/mol. The van der Waals surface area contributed by atoms with E-state index in [0.29, 0.717) is 5.82 Å². The number of furan rings is 2. The Morgan fingerprint density at radius 1 is 0.400 bits per heavy atom. The minimum absolute atomic E-state index is 0.181. The SMILES string of the molecule is c1ccc2c(c1)[I-]c1ccc(-c3nc(-c4ccc5c(c4)oc4ccccc45)cc(-c4ccc5c(c4)oc4ccccc45)n3)cc1-2. The molecule has 9 aromatic rings. The molecule has 0 radical (unpaired) electrons. The third-order valence-corrected chi connectivity index (χ3v) is 11.7. The first-order chi connectivity index (χ1) is 22.2. The van der Waals surface area contributed by atoms with E-state index in [1.54, 1.807) is 0 Å². The molecule has 0 spiro atoms. The Bertz CT molecular complexity index is 2520. The number of aromatic nitrogens is 2. The normalized spacial score (nSPS) is 12.5. The summed E-state index contributed by atoms with van der Waals surface area (Å²) in [6.45, 7) is 0. The first-order valence-corrected chi connectivity index (χ1v) is 17.0. The van der Waals surface area contributed by atoms with Crippen molar-refractivity contribution >= 4 is 43.9 Å². The second-order valence-corrected chi connectivity index (χ2v) is 14.2. The van der Waals surface area contributed by atoms with Crippen LogP contribution in [0.3, 0.4) is 0 Å². The summed E-state index contributed by atoms with van der Waals surface area (Å²) >= 11 is -0.181. The molecule has 10 rings (SSSR count). The fourth-order valence-electron chi connectivity index (χ4n) is 6.47. The Labute approximate surface area is 268 Å². The van der Waals surface area contributed by atoms with Crippen LogP contribution in [0.5, 0.6) is 0 Å². The molecule has 0 amide bonds. The maximum atomic E-state index is 6.25. The summed E-state index contributed by atoms with van der Waals surface area (Å²) < 4.78 is 15.4. The van der Waals surface area contributed by atoms with E-state index in [2.05, 4.69) is 97.1 Å². The number of nitrogens with zero attached hydrogens (tertiary/aromatic N) is 2. The van der Waals surface area contributed by atoms with E-state index in [1.165, 1.54) is 18.3 Å². The monoisotopic (exact) mass is 689 g/mol. The molecule has 5 heteroatoms. The molecule has 0 unspecified atom stereocenters. The molecule has 0 N–H and O–H groups in total. The van der Waals surface area contributed by atoms with Gasteiger partial charge in [0.25, 0.3) is 0 Å². The molecule has 45 heavy (non-hydrogen) atoms. The molecule has 0 saturated heterocycles. The van der Waals surface area contributed by atoms with E-state index in [0.717, 1.165) is 72.0 Å². The molecular formula is C40H22IN2O2-. The molecule has 4 heterocycles. The van der Waals surface area contributed by atoms with Gasteiger partial charge in [0.2, 0.25) is 0 Å². The van der Waals surface area contributed by atoms with Gasteiger partial charge >= 0.3 is 221 Å². The number of benzene rings is 6. The molecular weight excluding hydrogens is 667 g/mol. The van der Waals surface area contributed by atoms with Crippen LogP contribution in [0.1, 0.15) is 0 Å². The summed E-state index contributed by atoms with van der Waals surface area (Å²) in [4.78, 5) is 10.3. The van der Waals surface area contributed by atoms with E-state index in [1.807, 2.05) is 36.4 Å². The molecule has 4 nitrogen and oxygen atoms in total. The van der Waals surface area contributed by atoms with Crippen molar-refractivity contribution in [3.63, 3.8) is 0 Å². The molecule has 1 aliphatic heterocycles. The second kappa shape index (κ2) is 9.61. The third kappa shape index (κ3) is 3.97.